The third-order valence-corrected chi connectivity index (χ3v) is 4.19. The van der Waals surface area contributed by atoms with E-state index in [1.807, 2.05) is 25.1 Å². The third kappa shape index (κ3) is 5.05. The molecule has 0 saturated carbocycles. The van der Waals surface area contributed by atoms with Crippen molar-refractivity contribution >= 4 is 28.9 Å². The van der Waals surface area contributed by atoms with Crippen LogP contribution in [0, 0.1) is 6.92 Å². The van der Waals surface area contributed by atoms with Gasteiger partial charge in [-0.25, -0.2) is 4.98 Å². The molecule has 2 aromatic carbocycles. The summed E-state index contributed by atoms with van der Waals surface area (Å²) in [4.78, 5) is 20.8. The number of hydrogen-bond acceptors (Lipinski definition) is 7. The molecule has 0 fully saturated rings. The van der Waals surface area contributed by atoms with Gasteiger partial charge < -0.3 is 21.5 Å². The molecule has 7 heteroatoms. The highest BCUT2D eigenvalue weighted by Gasteiger charge is 2.08. The summed E-state index contributed by atoms with van der Waals surface area (Å²) in [6.07, 6.45) is 2.73. The predicted octanol–water partition coefficient (Wildman–Crippen LogP) is 3.90. The number of ketones is 1. The van der Waals surface area contributed by atoms with Crippen molar-refractivity contribution in [2.45, 2.75) is 19.8 Å². The average Bonchev–Trinajstić information content (AvgIpc) is 2.69. The molecule has 1 heterocycles. The zero-order chi connectivity index (χ0) is 19.9. The van der Waals surface area contributed by atoms with Gasteiger partial charge in [-0.15, -0.1) is 0 Å². The number of aryl methyl sites for hydroxylation is 1. The van der Waals surface area contributed by atoms with E-state index in [-0.39, 0.29) is 11.5 Å². The fourth-order valence-electron chi connectivity index (χ4n) is 2.68. The van der Waals surface area contributed by atoms with Crippen LogP contribution in [0.25, 0.3) is 0 Å². The van der Waals surface area contributed by atoms with E-state index < -0.39 is 0 Å². The number of nitrogens with two attached hydrogens (primary N) is 1. The molecule has 144 valence electrons. The lowest BCUT2D eigenvalue weighted by Gasteiger charge is -2.11. The molecule has 1 aromatic heterocycles. The summed E-state index contributed by atoms with van der Waals surface area (Å²) in [6, 6.07) is 14.1. The van der Waals surface area contributed by atoms with E-state index >= 15 is 0 Å². The zero-order valence-electron chi connectivity index (χ0n) is 15.6. The Labute approximate surface area is 163 Å². The second-order valence-corrected chi connectivity index (χ2v) is 6.41. The van der Waals surface area contributed by atoms with E-state index in [2.05, 4.69) is 20.6 Å². The summed E-state index contributed by atoms with van der Waals surface area (Å²) >= 11 is 0. The first-order valence-corrected chi connectivity index (χ1v) is 9.05. The van der Waals surface area contributed by atoms with Crippen molar-refractivity contribution in [3.05, 3.63) is 65.9 Å². The van der Waals surface area contributed by atoms with Gasteiger partial charge in [-0.1, -0.05) is 18.2 Å². The van der Waals surface area contributed by atoms with Crippen molar-refractivity contribution in [1.82, 2.24) is 9.97 Å². The summed E-state index contributed by atoms with van der Waals surface area (Å²) in [6.45, 7) is 2.44. The summed E-state index contributed by atoms with van der Waals surface area (Å²) < 4.78 is 0. The summed E-state index contributed by atoms with van der Waals surface area (Å²) in [7, 11) is 0. The molecule has 0 unspecified atom stereocenters. The second-order valence-electron chi connectivity index (χ2n) is 6.41. The molecule has 0 aliphatic rings. The minimum absolute atomic E-state index is 0.0600. The van der Waals surface area contributed by atoms with Crippen molar-refractivity contribution in [2.75, 3.05) is 17.2 Å². The van der Waals surface area contributed by atoms with Crippen molar-refractivity contribution in [2.24, 2.45) is 5.73 Å². The molecule has 0 amide bonds. The number of benzene rings is 2. The lowest BCUT2D eigenvalue weighted by molar-refractivity contribution is 0.0981. The summed E-state index contributed by atoms with van der Waals surface area (Å²) in [5.74, 6) is 1.22. The number of hydrogen-bond donors (Lipinski definition) is 4. The van der Waals surface area contributed by atoms with Crippen LogP contribution in [0.1, 0.15) is 28.8 Å². The number of aromatic hydroxyl groups is 1. The Balaban J connectivity index is 1.74. The summed E-state index contributed by atoms with van der Waals surface area (Å²) in [5, 5.41) is 16.0. The van der Waals surface area contributed by atoms with Gasteiger partial charge in [-0.05, 0) is 49.7 Å². The molecule has 3 aromatic rings. The van der Waals surface area contributed by atoms with E-state index in [1.54, 1.807) is 36.5 Å². The monoisotopic (exact) mass is 377 g/mol. The molecule has 0 radical (unpaired) electrons. The van der Waals surface area contributed by atoms with Gasteiger partial charge in [-0.2, -0.15) is 4.98 Å². The van der Waals surface area contributed by atoms with Crippen molar-refractivity contribution < 1.29 is 9.90 Å². The normalized spacial score (nSPS) is 10.5. The summed E-state index contributed by atoms with van der Waals surface area (Å²) in [5.41, 5.74) is 8.57. The first-order chi connectivity index (χ1) is 13.5. The Morgan fingerprint density at radius 3 is 2.82 bits per heavy atom. The standard InChI is InChI=1S/C21H23N5O2/c1-14-7-8-17(27)13-18(14)25-20-9-11-23-21(26-20)24-16-5-2-4-15(12-16)19(28)6-3-10-22/h2,4-5,7-9,11-13,27H,3,6,10,22H2,1H3,(H2,23,24,25,26). The molecule has 0 bridgehead atoms. The Morgan fingerprint density at radius 1 is 1.14 bits per heavy atom. The number of nitrogens with zero attached hydrogens (tertiary/aromatic N) is 2. The molecule has 0 aliphatic carbocycles. The number of phenols is 1. The number of carbonyl (C=O) groups excluding carboxylic acids is 1. The number of Topliss-reactive ketones (excluding diaryl/α,β-unsaturated/α-hetero) is 1. The maximum Gasteiger partial charge on any atom is 0.229 e. The van der Waals surface area contributed by atoms with E-state index in [1.165, 1.54) is 0 Å². The van der Waals surface area contributed by atoms with Crippen LogP contribution in [0.5, 0.6) is 5.75 Å². The smallest absolute Gasteiger partial charge is 0.229 e. The van der Waals surface area contributed by atoms with Gasteiger partial charge in [-0.3, -0.25) is 4.79 Å². The lowest BCUT2D eigenvalue weighted by atomic mass is 10.1. The molecular weight excluding hydrogens is 354 g/mol. The number of aromatic nitrogens is 2. The van der Waals surface area contributed by atoms with Crippen molar-refractivity contribution in [3.63, 3.8) is 0 Å². The van der Waals surface area contributed by atoms with E-state index in [0.29, 0.717) is 36.7 Å². The fraction of sp³-hybridized carbons (Fsp3) is 0.190. The largest absolute Gasteiger partial charge is 0.508 e. The second kappa shape index (κ2) is 8.96. The van der Waals surface area contributed by atoms with Gasteiger partial charge in [0.1, 0.15) is 11.6 Å². The highest BCUT2D eigenvalue weighted by molar-refractivity contribution is 5.97. The molecule has 0 atom stereocenters. The van der Waals surface area contributed by atoms with Gasteiger partial charge in [0.2, 0.25) is 5.95 Å². The first kappa shape index (κ1) is 19.3. The average molecular weight is 377 g/mol. The van der Waals surface area contributed by atoms with Gasteiger partial charge in [0, 0.05) is 35.6 Å². The van der Waals surface area contributed by atoms with Crippen LogP contribution in [0.2, 0.25) is 0 Å². The topological polar surface area (TPSA) is 113 Å². The first-order valence-electron chi connectivity index (χ1n) is 9.05. The fourth-order valence-corrected chi connectivity index (χ4v) is 2.68. The maximum absolute atomic E-state index is 12.2. The number of nitrogens with one attached hydrogen (secondary N) is 2. The Hall–Kier alpha value is -3.45. The molecular formula is C21H23N5O2. The highest BCUT2D eigenvalue weighted by atomic mass is 16.3. The van der Waals surface area contributed by atoms with Crippen LogP contribution in [0.15, 0.2) is 54.7 Å². The van der Waals surface area contributed by atoms with Crippen LogP contribution < -0.4 is 16.4 Å². The zero-order valence-corrected chi connectivity index (χ0v) is 15.6. The molecule has 0 spiro atoms. The van der Waals surface area contributed by atoms with Crippen LogP contribution in [0.3, 0.4) is 0 Å². The van der Waals surface area contributed by atoms with Crippen molar-refractivity contribution in [3.8, 4) is 5.75 Å². The van der Waals surface area contributed by atoms with Crippen LogP contribution in [-0.2, 0) is 0 Å². The molecule has 0 saturated heterocycles. The quantitative estimate of drug-likeness (QED) is 0.440. The van der Waals surface area contributed by atoms with E-state index in [9.17, 15) is 9.90 Å². The highest BCUT2D eigenvalue weighted by Crippen LogP contribution is 2.24. The van der Waals surface area contributed by atoms with Crippen LogP contribution >= 0.6 is 0 Å². The van der Waals surface area contributed by atoms with Crippen molar-refractivity contribution in [1.29, 1.82) is 0 Å². The molecule has 0 aliphatic heterocycles. The molecule has 7 nitrogen and oxygen atoms in total. The maximum atomic E-state index is 12.2. The number of rotatable bonds is 8. The SMILES string of the molecule is Cc1ccc(O)cc1Nc1ccnc(Nc2cccc(C(=O)CCCN)c2)n1. The Morgan fingerprint density at radius 2 is 2.00 bits per heavy atom. The third-order valence-electron chi connectivity index (χ3n) is 4.19. The van der Waals surface area contributed by atoms with Gasteiger partial charge in [0.25, 0.3) is 0 Å². The number of carbonyl (C=O) groups is 1. The van der Waals surface area contributed by atoms with Gasteiger partial charge in [0.15, 0.2) is 5.78 Å². The minimum Gasteiger partial charge on any atom is -0.508 e. The molecule has 28 heavy (non-hydrogen) atoms. The van der Waals surface area contributed by atoms with E-state index in [4.69, 9.17) is 5.73 Å². The Kier molecular flexibility index (Phi) is 6.18. The van der Waals surface area contributed by atoms with Crippen LogP contribution in [-0.4, -0.2) is 27.4 Å². The van der Waals surface area contributed by atoms with Crippen LogP contribution in [0.4, 0.5) is 23.1 Å². The van der Waals surface area contributed by atoms with Gasteiger partial charge in [0.05, 0.1) is 0 Å². The minimum atomic E-state index is 0.0600. The number of phenolic OH excluding ortho intramolecular Hbond substituents is 1. The predicted molar refractivity (Wildman–Crippen MR) is 111 cm³/mol. The number of anilines is 4. The van der Waals surface area contributed by atoms with E-state index in [0.717, 1.165) is 16.9 Å². The Bertz CT molecular complexity index is 975. The van der Waals surface area contributed by atoms with Gasteiger partial charge >= 0.3 is 0 Å². The lowest BCUT2D eigenvalue weighted by Crippen LogP contribution is -2.05. The molecule has 3 rings (SSSR count). The molecule has 5 N–H and O–H groups in total.